The number of unbranched alkanes of at least 4 members (excludes halogenated alkanes) is 1. The van der Waals surface area contributed by atoms with E-state index in [1.165, 1.54) is 17.2 Å². The molecule has 1 amide bonds. The largest absolute Gasteiger partial charge is 0.309 e. The van der Waals surface area contributed by atoms with E-state index in [1.54, 1.807) is 6.07 Å². The predicted molar refractivity (Wildman–Crippen MR) is 103 cm³/mol. The third-order valence-electron chi connectivity index (χ3n) is 4.28. The van der Waals surface area contributed by atoms with Gasteiger partial charge in [-0.3, -0.25) is 14.0 Å². The van der Waals surface area contributed by atoms with Crippen LogP contribution in [0.1, 0.15) is 50.9 Å². The maximum absolute atomic E-state index is 12.9. The Morgan fingerprint density at radius 1 is 1.33 bits per heavy atom. The van der Waals surface area contributed by atoms with E-state index in [0.717, 1.165) is 30.7 Å². The van der Waals surface area contributed by atoms with Crippen LogP contribution in [0.4, 0.5) is 5.82 Å². The van der Waals surface area contributed by atoms with Gasteiger partial charge in [0.05, 0.1) is 0 Å². The summed E-state index contributed by atoms with van der Waals surface area (Å²) in [4.78, 5) is 32.9. The molecule has 0 radical (unpaired) electrons. The van der Waals surface area contributed by atoms with Gasteiger partial charge in [0, 0.05) is 18.3 Å². The summed E-state index contributed by atoms with van der Waals surface area (Å²) in [5, 5.41) is 7.10. The fourth-order valence-electron chi connectivity index (χ4n) is 2.92. The highest BCUT2D eigenvalue weighted by Gasteiger charge is 2.16. The average molecular weight is 368 g/mol. The summed E-state index contributed by atoms with van der Waals surface area (Å²) in [7, 11) is 0. The first-order valence-corrected chi connectivity index (χ1v) is 9.17. The molecule has 0 aliphatic rings. The molecule has 8 nitrogen and oxygen atoms in total. The number of hydrogen-bond donors (Lipinski definition) is 1. The molecule has 3 aromatic rings. The van der Waals surface area contributed by atoms with E-state index < -0.39 is 0 Å². The predicted octanol–water partition coefficient (Wildman–Crippen LogP) is 2.39. The number of amides is 1. The molecular weight excluding hydrogens is 344 g/mol. The number of hydrogen-bond acceptors (Lipinski definition) is 5. The molecular formula is C19H24N6O2. The van der Waals surface area contributed by atoms with Gasteiger partial charge in [-0.2, -0.15) is 5.10 Å². The Balaban J connectivity index is 1.94. The van der Waals surface area contributed by atoms with Crippen LogP contribution in [0.25, 0.3) is 5.52 Å². The monoisotopic (exact) mass is 368 g/mol. The molecule has 142 valence electrons. The van der Waals surface area contributed by atoms with Crippen LogP contribution in [0.15, 0.2) is 35.6 Å². The third kappa shape index (κ3) is 4.21. The van der Waals surface area contributed by atoms with E-state index in [9.17, 15) is 9.59 Å². The minimum atomic E-state index is -0.361. The van der Waals surface area contributed by atoms with Gasteiger partial charge in [-0.05, 0) is 30.5 Å². The molecule has 0 bridgehead atoms. The molecule has 8 heteroatoms. The standard InChI is InChI=1S/C19H24N6O2/c1-4-5-6-14-9-15-19(27)25(23-18(13(2)3)24(15)10-14)11-17(26)22-16-7-8-20-12-21-16/h7-10,12-13H,4-6,11H2,1-3H3,(H,20,21,22,26). The van der Waals surface area contributed by atoms with Crippen LogP contribution in [0.3, 0.4) is 0 Å². The van der Waals surface area contributed by atoms with Gasteiger partial charge in [0.1, 0.15) is 30.0 Å². The summed E-state index contributed by atoms with van der Waals surface area (Å²) in [6, 6.07) is 3.49. The van der Waals surface area contributed by atoms with E-state index in [-0.39, 0.29) is 23.9 Å². The van der Waals surface area contributed by atoms with Gasteiger partial charge in [0.2, 0.25) is 5.91 Å². The van der Waals surface area contributed by atoms with Crippen LogP contribution < -0.4 is 10.9 Å². The third-order valence-corrected chi connectivity index (χ3v) is 4.28. The zero-order valence-corrected chi connectivity index (χ0v) is 15.8. The lowest BCUT2D eigenvalue weighted by atomic mass is 10.1. The summed E-state index contributed by atoms with van der Waals surface area (Å²) in [6.45, 7) is 6.00. The summed E-state index contributed by atoms with van der Waals surface area (Å²) < 4.78 is 3.08. The number of nitrogens with zero attached hydrogens (tertiary/aromatic N) is 5. The second kappa shape index (κ2) is 8.11. The number of aromatic nitrogens is 5. The first-order valence-electron chi connectivity index (χ1n) is 9.17. The fourth-order valence-corrected chi connectivity index (χ4v) is 2.92. The molecule has 3 heterocycles. The number of carbonyl (C=O) groups excluding carboxylic acids is 1. The summed E-state index contributed by atoms with van der Waals surface area (Å²) in [5.74, 6) is 0.885. The second-order valence-corrected chi connectivity index (χ2v) is 6.83. The Morgan fingerprint density at radius 3 is 2.81 bits per heavy atom. The second-order valence-electron chi connectivity index (χ2n) is 6.83. The lowest BCUT2D eigenvalue weighted by Crippen LogP contribution is -2.32. The van der Waals surface area contributed by atoms with Gasteiger partial charge in [0.15, 0.2) is 0 Å². The summed E-state index contributed by atoms with van der Waals surface area (Å²) >= 11 is 0. The highest BCUT2D eigenvalue weighted by atomic mass is 16.2. The summed E-state index contributed by atoms with van der Waals surface area (Å²) in [5.41, 5.74) is 1.38. The van der Waals surface area contributed by atoms with Crippen molar-refractivity contribution in [2.75, 3.05) is 5.32 Å². The van der Waals surface area contributed by atoms with Crippen LogP contribution in [-0.2, 0) is 17.8 Å². The van der Waals surface area contributed by atoms with Crippen molar-refractivity contribution < 1.29 is 4.79 Å². The molecule has 0 aromatic carbocycles. The molecule has 3 aromatic heterocycles. The number of nitrogens with one attached hydrogen (secondary N) is 1. The number of fused-ring (bicyclic) bond motifs is 1. The zero-order valence-electron chi connectivity index (χ0n) is 15.8. The Kier molecular flexibility index (Phi) is 5.63. The molecule has 0 saturated heterocycles. The van der Waals surface area contributed by atoms with Crippen molar-refractivity contribution in [2.45, 2.75) is 52.5 Å². The first kappa shape index (κ1) is 18.8. The van der Waals surface area contributed by atoms with E-state index in [4.69, 9.17) is 0 Å². The molecule has 0 aliphatic heterocycles. The van der Waals surface area contributed by atoms with Crippen LogP contribution in [0, 0.1) is 0 Å². The van der Waals surface area contributed by atoms with Gasteiger partial charge in [0.25, 0.3) is 5.56 Å². The normalized spacial score (nSPS) is 11.3. The van der Waals surface area contributed by atoms with Crippen molar-refractivity contribution >= 4 is 17.2 Å². The smallest absolute Gasteiger partial charge is 0.291 e. The number of anilines is 1. The van der Waals surface area contributed by atoms with Crippen molar-refractivity contribution in [3.05, 3.63) is 52.6 Å². The minimum absolute atomic E-state index is 0.107. The van der Waals surface area contributed by atoms with Crippen LogP contribution >= 0.6 is 0 Å². The van der Waals surface area contributed by atoms with E-state index in [0.29, 0.717) is 11.3 Å². The van der Waals surface area contributed by atoms with E-state index >= 15 is 0 Å². The molecule has 0 aliphatic carbocycles. The molecule has 0 saturated carbocycles. The molecule has 0 atom stereocenters. The average Bonchev–Trinajstić information content (AvgIpc) is 3.07. The Bertz CT molecular complexity index is 991. The van der Waals surface area contributed by atoms with Gasteiger partial charge in [-0.25, -0.2) is 14.6 Å². The SMILES string of the molecule is CCCCc1cc2c(=O)n(CC(=O)Nc3ccncn3)nc(C(C)C)n2c1. The van der Waals surface area contributed by atoms with Crippen LogP contribution in [0.2, 0.25) is 0 Å². The Labute approximate surface area is 157 Å². The highest BCUT2D eigenvalue weighted by molar-refractivity contribution is 5.89. The van der Waals surface area contributed by atoms with Gasteiger partial charge in [-0.15, -0.1) is 0 Å². The number of rotatable bonds is 7. The quantitative estimate of drug-likeness (QED) is 0.691. The first-order chi connectivity index (χ1) is 13.0. The highest BCUT2D eigenvalue weighted by Crippen LogP contribution is 2.16. The van der Waals surface area contributed by atoms with E-state index in [2.05, 4.69) is 27.3 Å². The fraction of sp³-hybridized carbons (Fsp3) is 0.421. The van der Waals surface area contributed by atoms with Crippen molar-refractivity contribution in [1.29, 1.82) is 0 Å². The molecule has 1 N–H and O–H groups in total. The number of carbonyl (C=O) groups is 1. The maximum atomic E-state index is 12.9. The zero-order chi connectivity index (χ0) is 19.4. The van der Waals surface area contributed by atoms with Crippen molar-refractivity contribution in [3.63, 3.8) is 0 Å². The van der Waals surface area contributed by atoms with Crippen LogP contribution in [0.5, 0.6) is 0 Å². The number of aryl methyl sites for hydroxylation is 1. The molecule has 27 heavy (non-hydrogen) atoms. The molecule has 0 fully saturated rings. The minimum Gasteiger partial charge on any atom is -0.309 e. The molecule has 3 rings (SSSR count). The van der Waals surface area contributed by atoms with Crippen molar-refractivity contribution in [2.24, 2.45) is 0 Å². The van der Waals surface area contributed by atoms with Gasteiger partial charge < -0.3 is 5.32 Å². The lowest BCUT2D eigenvalue weighted by Gasteiger charge is -2.12. The maximum Gasteiger partial charge on any atom is 0.291 e. The van der Waals surface area contributed by atoms with Crippen molar-refractivity contribution in [3.8, 4) is 0 Å². The lowest BCUT2D eigenvalue weighted by molar-refractivity contribution is -0.117. The summed E-state index contributed by atoms with van der Waals surface area (Å²) in [6.07, 6.45) is 7.95. The van der Waals surface area contributed by atoms with Gasteiger partial charge >= 0.3 is 0 Å². The van der Waals surface area contributed by atoms with E-state index in [1.807, 2.05) is 30.5 Å². The van der Waals surface area contributed by atoms with Crippen LogP contribution in [-0.4, -0.2) is 30.1 Å². The topological polar surface area (TPSA) is 94.2 Å². The Hall–Kier alpha value is -3.03. The molecule has 0 unspecified atom stereocenters. The Morgan fingerprint density at radius 2 is 2.15 bits per heavy atom. The van der Waals surface area contributed by atoms with Crippen molar-refractivity contribution in [1.82, 2.24) is 24.1 Å². The molecule has 0 spiro atoms. The van der Waals surface area contributed by atoms with Gasteiger partial charge in [-0.1, -0.05) is 27.2 Å².